The van der Waals surface area contributed by atoms with Crippen molar-refractivity contribution in [2.24, 2.45) is 0 Å². The molecule has 0 aliphatic heterocycles. The largest absolute Gasteiger partial charge is 0.504 e. The molecule has 0 bridgehead atoms. The number of carbonyl (C=O) groups excluding carboxylic acids is 1. The van der Waals surface area contributed by atoms with Crippen molar-refractivity contribution >= 4 is 28.4 Å². The van der Waals surface area contributed by atoms with Crippen LogP contribution in [-0.2, 0) is 6.54 Å². The molecule has 0 amide bonds. The molecule has 2 N–H and O–H groups in total. The second kappa shape index (κ2) is 10.2. The SMILES string of the molecule is CC(C)N(CCn1c(SCC(=O)c2ccc(O)c(O)c2)nc2ccccc2c1=O)C(C)C. The van der Waals surface area contributed by atoms with Gasteiger partial charge in [-0.2, -0.15) is 0 Å². The highest BCUT2D eigenvalue weighted by Crippen LogP contribution is 2.26. The van der Waals surface area contributed by atoms with Crippen LogP contribution in [0.1, 0.15) is 38.1 Å². The number of aromatic nitrogens is 2. The lowest BCUT2D eigenvalue weighted by Crippen LogP contribution is -2.40. The lowest BCUT2D eigenvalue weighted by atomic mass is 10.1. The minimum atomic E-state index is -0.343. The summed E-state index contributed by atoms with van der Waals surface area (Å²) in [4.78, 5) is 32.9. The van der Waals surface area contributed by atoms with Crippen LogP contribution in [0.25, 0.3) is 10.9 Å². The molecule has 1 heterocycles. The highest BCUT2D eigenvalue weighted by atomic mass is 32.2. The number of hydrogen-bond acceptors (Lipinski definition) is 7. The molecule has 2 aromatic carbocycles. The summed E-state index contributed by atoms with van der Waals surface area (Å²) >= 11 is 1.20. The molecule has 0 aliphatic carbocycles. The number of fused-ring (bicyclic) bond motifs is 1. The second-order valence-electron chi connectivity index (χ2n) is 8.21. The van der Waals surface area contributed by atoms with Crippen LogP contribution in [0.5, 0.6) is 11.5 Å². The molecule has 0 aliphatic rings. The molecule has 3 rings (SSSR count). The van der Waals surface area contributed by atoms with Gasteiger partial charge in [-0.3, -0.25) is 19.1 Å². The molecule has 0 saturated carbocycles. The molecule has 0 spiro atoms. The molecule has 7 nitrogen and oxygen atoms in total. The van der Waals surface area contributed by atoms with Crippen LogP contribution in [0.2, 0.25) is 0 Å². The van der Waals surface area contributed by atoms with Gasteiger partial charge in [0, 0.05) is 30.7 Å². The van der Waals surface area contributed by atoms with E-state index in [9.17, 15) is 19.8 Å². The monoisotopic (exact) mass is 455 g/mol. The lowest BCUT2D eigenvalue weighted by Gasteiger charge is -2.30. The van der Waals surface area contributed by atoms with Crippen molar-refractivity contribution in [3.05, 3.63) is 58.4 Å². The number of ketones is 1. The summed E-state index contributed by atoms with van der Waals surface area (Å²) in [6.45, 7) is 9.66. The number of thioether (sulfide) groups is 1. The predicted octanol–water partition coefficient (Wildman–Crippen LogP) is 3.90. The van der Waals surface area contributed by atoms with Crippen molar-refractivity contribution in [2.45, 2.75) is 51.5 Å². The van der Waals surface area contributed by atoms with Gasteiger partial charge in [-0.05, 0) is 58.0 Å². The van der Waals surface area contributed by atoms with E-state index in [2.05, 4.69) is 37.6 Å². The van der Waals surface area contributed by atoms with E-state index in [1.807, 2.05) is 12.1 Å². The molecular weight excluding hydrogens is 426 g/mol. The Morgan fingerprint density at radius 3 is 2.41 bits per heavy atom. The first-order chi connectivity index (χ1) is 15.2. The molecule has 32 heavy (non-hydrogen) atoms. The zero-order valence-corrected chi connectivity index (χ0v) is 19.6. The van der Waals surface area contributed by atoms with Gasteiger partial charge in [-0.15, -0.1) is 0 Å². The van der Waals surface area contributed by atoms with Crippen LogP contribution in [0, 0.1) is 0 Å². The van der Waals surface area contributed by atoms with E-state index in [4.69, 9.17) is 0 Å². The van der Waals surface area contributed by atoms with Gasteiger partial charge < -0.3 is 10.2 Å². The Labute approximate surface area is 191 Å². The molecule has 8 heteroatoms. The number of rotatable bonds is 9. The molecular formula is C24H29N3O4S. The number of hydrogen-bond donors (Lipinski definition) is 2. The van der Waals surface area contributed by atoms with E-state index >= 15 is 0 Å². The van der Waals surface area contributed by atoms with Crippen LogP contribution >= 0.6 is 11.8 Å². The quantitative estimate of drug-likeness (QED) is 0.219. The molecule has 170 valence electrons. The lowest BCUT2D eigenvalue weighted by molar-refractivity contribution is 0.102. The minimum Gasteiger partial charge on any atom is -0.504 e. The van der Waals surface area contributed by atoms with Gasteiger partial charge in [-0.1, -0.05) is 23.9 Å². The molecule has 0 atom stereocenters. The van der Waals surface area contributed by atoms with Crippen molar-refractivity contribution in [3.63, 3.8) is 0 Å². The third-order valence-electron chi connectivity index (χ3n) is 5.36. The van der Waals surface area contributed by atoms with Gasteiger partial charge >= 0.3 is 0 Å². The van der Waals surface area contributed by atoms with E-state index in [-0.39, 0.29) is 34.2 Å². The maximum atomic E-state index is 13.2. The van der Waals surface area contributed by atoms with Crippen molar-refractivity contribution in [2.75, 3.05) is 12.3 Å². The number of phenolic OH excluding ortho intramolecular Hbond substituents is 2. The number of para-hydroxylation sites is 1. The number of phenols is 2. The molecule has 0 unspecified atom stereocenters. The van der Waals surface area contributed by atoms with Crippen molar-refractivity contribution in [1.29, 1.82) is 0 Å². The third-order valence-corrected chi connectivity index (χ3v) is 6.34. The van der Waals surface area contributed by atoms with Gasteiger partial charge in [0.25, 0.3) is 5.56 Å². The third kappa shape index (κ3) is 5.31. The average molecular weight is 456 g/mol. The summed E-state index contributed by atoms with van der Waals surface area (Å²) in [6, 6.07) is 11.9. The Morgan fingerprint density at radius 2 is 1.75 bits per heavy atom. The Bertz CT molecular complexity index is 1170. The molecule has 3 aromatic rings. The summed E-state index contributed by atoms with van der Waals surface area (Å²) in [5.41, 5.74) is 0.754. The fraction of sp³-hybridized carbons (Fsp3) is 0.375. The average Bonchev–Trinajstić information content (AvgIpc) is 2.75. The summed E-state index contributed by atoms with van der Waals surface area (Å²) in [5.74, 6) is -0.805. The number of benzene rings is 2. The van der Waals surface area contributed by atoms with Crippen LogP contribution in [-0.4, -0.2) is 54.8 Å². The first-order valence-electron chi connectivity index (χ1n) is 10.6. The Morgan fingerprint density at radius 1 is 1.06 bits per heavy atom. The summed E-state index contributed by atoms with van der Waals surface area (Å²) in [5, 5.41) is 20.2. The maximum Gasteiger partial charge on any atom is 0.262 e. The maximum absolute atomic E-state index is 13.2. The number of carbonyl (C=O) groups is 1. The fourth-order valence-corrected chi connectivity index (χ4v) is 4.61. The van der Waals surface area contributed by atoms with E-state index < -0.39 is 0 Å². The van der Waals surface area contributed by atoms with E-state index in [1.54, 1.807) is 16.7 Å². The summed E-state index contributed by atoms with van der Waals surface area (Å²) < 4.78 is 1.65. The van der Waals surface area contributed by atoms with Gasteiger partial charge in [0.1, 0.15) is 0 Å². The minimum absolute atomic E-state index is 0.0487. The van der Waals surface area contributed by atoms with E-state index in [0.29, 0.717) is 41.2 Å². The molecule has 0 fully saturated rings. The van der Waals surface area contributed by atoms with E-state index in [1.165, 1.54) is 30.0 Å². The van der Waals surface area contributed by atoms with Crippen molar-refractivity contribution < 1.29 is 15.0 Å². The fourth-order valence-electron chi connectivity index (χ4n) is 3.69. The topological polar surface area (TPSA) is 95.7 Å². The number of aromatic hydroxyl groups is 2. The van der Waals surface area contributed by atoms with Gasteiger partial charge in [0.05, 0.1) is 16.7 Å². The van der Waals surface area contributed by atoms with Crippen LogP contribution in [0.15, 0.2) is 52.4 Å². The van der Waals surface area contributed by atoms with Crippen LogP contribution < -0.4 is 5.56 Å². The smallest absolute Gasteiger partial charge is 0.262 e. The normalized spacial score (nSPS) is 11.7. The Balaban J connectivity index is 1.90. The second-order valence-corrected chi connectivity index (χ2v) is 9.15. The van der Waals surface area contributed by atoms with Crippen LogP contribution in [0.4, 0.5) is 0 Å². The van der Waals surface area contributed by atoms with Gasteiger partial charge in [-0.25, -0.2) is 4.98 Å². The van der Waals surface area contributed by atoms with Gasteiger partial charge in [0.2, 0.25) is 0 Å². The molecule has 1 aromatic heterocycles. The van der Waals surface area contributed by atoms with Crippen molar-refractivity contribution in [1.82, 2.24) is 14.5 Å². The molecule has 0 radical (unpaired) electrons. The van der Waals surface area contributed by atoms with Crippen molar-refractivity contribution in [3.8, 4) is 11.5 Å². The first kappa shape index (κ1) is 23.8. The predicted molar refractivity (Wildman–Crippen MR) is 128 cm³/mol. The number of Topliss-reactive ketones (excluding diaryl/α,β-unsaturated/α-hetero) is 1. The first-order valence-corrected chi connectivity index (χ1v) is 11.6. The highest BCUT2D eigenvalue weighted by Gasteiger charge is 2.18. The van der Waals surface area contributed by atoms with E-state index in [0.717, 1.165) is 0 Å². The standard InChI is InChI=1S/C24H29N3O4S/c1-15(2)26(16(3)4)11-12-27-23(31)18-7-5-6-8-19(18)25-24(27)32-14-22(30)17-9-10-20(28)21(29)13-17/h5-10,13,15-16,28-29H,11-12,14H2,1-4H3. The number of nitrogens with zero attached hydrogens (tertiary/aromatic N) is 3. The Kier molecular flexibility index (Phi) is 7.58. The van der Waals surface area contributed by atoms with Gasteiger partial charge in [0.15, 0.2) is 22.4 Å². The highest BCUT2D eigenvalue weighted by molar-refractivity contribution is 7.99. The zero-order valence-electron chi connectivity index (χ0n) is 18.8. The molecule has 0 saturated heterocycles. The summed E-state index contributed by atoms with van der Waals surface area (Å²) in [6.07, 6.45) is 0. The zero-order chi connectivity index (χ0) is 23.4. The Hall–Kier alpha value is -2.84. The van der Waals surface area contributed by atoms with Crippen LogP contribution in [0.3, 0.4) is 0 Å². The summed E-state index contributed by atoms with van der Waals surface area (Å²) in [7, 11) is 0.